The van der Waals surface area contributed by atoms with Crippen LogP contribution < -0.4 is 4.74 Å². The molecular weight excluding hydrogens is 254 g/mol. The van der Waals surface area contributed by atoms with Gasteiger partial charge in [-0.3, -0.25) is 4.90 Å². The minimum absolute atomic E-state index is 0.983. The lowest BCUT2D eigenvalue weighted by Gasteiger charge is -2.17. The predicted octanol–water partition coefficient (Wildman–Crippen LogP) is 3.05. The Balaban J connectivity index is 2.17. The van der Waals surface area contributed by atoms with E-state index in [1.807, 2.05) is 12.1 Å². The van der Waals surface area contributed by atoms with Gasteiger partial charge in [-0.25, -0.2) is 0 Å². The lowest BCUT2D eigenvalue weighted by molar-refractivity contribution is 0.320. The molecule has 1 aliphatic heterocycles. The molecule has 1 aliphatic rings. The fourth-order valence-corrected chi connectivity index (χ4v) is 2.52. The Morgan fingerprint density at radius 2 is 2.07 bits per heavy atom. The summed E-state index contributed by atoms with van der Waals surface area (Å²) in [5, 5.41) is 0. The molecule has 0 N–H and O–H groups in total. The molecule has 2 nitrogen and oxygen atoms in total. The van der Waals surface area contributed by atoms with E-state index < -0.39 is 0 Å². The highest BCUT2D eigenvalue weighted by Gasteiger charge is 2.15. The maximum Gasteiger partial charge on any atom is 0.124 e. The number of halogens is 1. The summed E-state index contributed by atoms with van der Waals surface area (Å²) in [6.07, 6.45) is 2.65. The van der Waals surface area contributed by atoms with E-state index in [9.17, 15) is 0 Å². The van der Waals surface area contributed by atoms with Crippen molar-refractivity contribution >= 4 is 15.9 Å². The van der Waals surface area contributed by atoms with E-state index in [-0.39, 0.29) is 0 Å². The second kappa shape index (κ2) is 4.99. The van der Waals surface area contributed by atoms with Gasteiger partial charge in [0.25, 0.3) is 0 Å². The van der Waals surface area contributed by atoms with Gasteiger partial charge in [-0.2, -0.15) is 0 Å². The van der Waals surface area contributed by atoms with Gasteiger partial charge in [0, 0.05) is 16.6 Å². The highest BCUT2D eigenvalue weighted by molar-refractivity contribution is 9.10. The van der Waals surface area contributed by atoms with Gasteiger partial charge in [-0.15, -0.1) is 0 Å². The molecule has 82 valence electrons. The Morgan fingerprint density at radius 1 is 1.33 bits per heavy atom. The molecule has 1 heterocycles. The van der Waals surface area contributed by atoms with Crippen molar-refractivity contribution in [2.75, 3.05) is 20.2 Å². The summed E-state index contributed by atoms with van der Waals surface area (Å²) in [7, 11) is 1.73. The second-order valence-electron chi connectivity index (χ2n) is 3.90. The van der Waals surface area contributed by atoms with Crippen LogP contribution in [0.15, 0.2) is 22.7 Å². The van der Waals surface area contributed by atoms with Crippen LogP contribution in [0.4, 0.5) is 0 Å². The first-order valence-electron chi connectivity index (χ1n) is 5.35. The molecule has 1 aromatic carbocycles. The lowest BCUT2D eigenvalue weighted by Crippen LogP contribution is -2.19. The van der Waals surface area contributed by atoms with Crippen LogP contribution >= 0.6 is 15.9 Å². The molecule has 0 bridgehead atoms. The van der Waals surface area contributed by atoms with Crippen molar-refractivity contribution in [3.63, 3.8) is 0 Å². The van der Waals surface area contributed by atoms with Gasteiger partial charge in [0.1, 0.15) is 5.75 Å². The molecule has 0 radical (unpaired) electrons. The minimum atomic E-state index is 0.983. The summed E-state index contributed by atoms with van der Waals surface area (Å²) in [5.41, 5.74) is 1.27. The molecule has 2 rings (SSSR count). The van der Waals surface area contributed by atoms with Crippen molar-refractivity contribution in [2.24, 2.45) is 0 Å². The zero-order valence-electron chi connectivity index (χ0n) is 9.00. The summed E-state index contributed by atoms with van der Waals surface area (Å²) >= 11 is 3.59. The van der Waals surface area contributed by atoms with Crippen LogP contribution in [0.2, 0.25) is 0 Å². The van der Waals surface area contributed by atoms with Gasteiger partial charge in [0.05, 0.1) is 7.11 Å². The molecule has 0 spiro atoms. The topological polar surface area (TPSA) is 12.5 Å². The maximum atomic E-state index is 5.38. The quantitative estimate of drug-likeness (QED) is 0.837. The summed E-state index contributed by atoms with van der Waals surface area (Å²) in [5.74, 6) is 0.983. The number of likely N-dealkylation sites (tertiary alicyclic amines) is 1. The zero-order chi connectivity index (χ0) is 10.7. The minimum Gasteiger partial charge on any atom is -0.496 e. The molecular formula is C12H16BrNO. The third-order valence-electron chi connectivity index (χ3n) is 2.88. The normalized spacial score (nSPS) is 16.9. The average Bonchev–Trinajstić information content (AvgIpc) is 2.74. The van der Waals surface area contributed by atoms with Gasteiger partial charge in [-0.1, -0.05) is 22.0 Å². The Morgan fingerprint density at radius 3 is 2.73 bits per heavy atom. The van der Waals surface area contributed by atoms with Crippen molar-refractivity contribution < 1.29 is 4.74 Å². The Bertz CT molecular complexity index is 334. The summed E-state index contributed by atoms with van der Waals surface area (Å²) in [6, 6.07) is 6.11. The monoisotopic (exact) mass is 269 g/mol. The van der Waals surface area contributed by atoms with E-state index in [4.69, 9.17) is 4.74 Å². The van der Waals surface area contributed by atoms with E-state index in [0.29, 0.717) is 0 Å². The molecule has 1 fully saturated rings. The van der Waals surface area contributed by atoms with Crippen LogP contribution in [0.3, 0.4) is 0 Å². The van der Waals surface area contributed by atoms with E-state index in [0.717, 1.165) is 16.8 Å². The lowest BCUT2D eigenvalue weighted by atomic mass is 10.2. The van der Waals surface area contributed by atoms with Crippen LogP contribution in [0, 0.1) is 0 Å². The third kappa shape index (κ3) is 2.52. The van der Waals surface area contributed by atoms with E-state index in [1.165, 1.54) is 31.5 Å². The highest BCUT2D eigenvalue weighted by atomic mass is 79.9. The molecule has 1 aromatic rings. The molecule has 1 saturated heterocycles. The molecule has 0 aromatic heterocycles. The number of hydrogen-bond donors (Lipinski definition) is 0. The zero-order valence-corrected chi connectivity index (χ0v) is 10.6. The van der Waals surface area contributed by atoms with Crippen LogP contribution in [0.1, 0.15) is 18.4 Å². The van der Waals surface area contributed by atoms with Gasteiger partial charge in [-0.05, 0) is 38.1 Å². The highest BCUT2D eigenvalue weighted by Crippen LogP contribution is 2.28. The molecule has 0 atom stereocenters. The number of rotatable bonds is 3. The van der Waals surface area contributed by atoms with E-state index >= 15 is 0 Å². The fraction of sp³-hybridized carbons (Fsp3) is 0.500. The molecule has 0 amide bonds. The Hall–Kier alpha value is -0.540. The van der Waals surface area contributed by atoms with Crippen molar-refractivity contribution in [2.45, 2.75) is 19.4 Å². The van der Waals surface area contributed by atoms with Gasteiger partial charge in [0.2, 0.25) is 0 Å². The molecule has 15 heavy (non-hydrogen) atoms. The van der Waals surface area contributed by atoms with Crippen molar-refractivity contribution in [3.8, 4) is 5.75 Å². The summed E-state index contributed by atoms with van der Waals surface area (Å²) in [4.78, 5) is 2.47. The summed E-state index contributed by atoms with van der Waals surface area (Å²) in [6.45, 7) is 3.42. The van der Waals surface area contributed by atoms with Gasteiger partial charge < -0.3 is 4.74 Å². The maximum absolute atomic E-state index is 5.38. The standard InChI is InChI=1S/C12H16BrNO/c1-15-12-6-4-5-11(13)10(12)9-14-7-2-3-8-14/h4-6H,2-3,7-9H2,1H3. The molecule has 0 unspecified atom stereocenters. The van der Waals surface area contributed by atoms with E-state index in [1.54, 1.807) is 7.11 Å². The molecule has 0 saturated carbocycles. The van der Waals surface area contributed by atoms with Crippen LogP contribution in [0.25, 0.3) is 0 Å². The largest absolute Gasteiger partial charge is 0.496 e. The van der Waals surface area contributed by atoms with Gasteiger partial charge >= 0.3 is 0 Å². The van der Waals surface area contributed by atoms with Gasteiger partial charge in [0.15, 0.2) is 0 Å². The Kier molecular flexibility index (Phi) is 3.65. The van der Waals surface area contributed by atoms with Crippen LogP contribution in [-0.4, -0.2) is 25.1 Å². The predicted molar refractivity (Wildman–Crippen MR) is 65.2 cm³/mol. The number of benzene rings is 1. The van der Waals surface area contributed by atoms with Crippen LogP contribution in [-0.2, 0) is 6.54 Å². The average molecular weight is 270 g/mol. The number of ether oxygens (including phenoxy) is 1. The SMILES string of the molecule is COc1cccc(Br)c1CN1CCCC1. The first-order valence-corrected chi connectivity index (χ1v) is 6.14. The van der Waals surface area contributed by atoms with Crippen molar-refractivity contribution in [3.05, 3.63) is 28.2 Å². The first kappa shape index (κ1) is 11.0. The molecule has 0 aliphatic carbocycles. The molecule has 3 heteroatoms. The fourth-order valence-electron chi connectivity index (χ4n) is 2.05. The first-order chi connectivity index (χ1) is 7.31. The van der Waals surface area contributed by atoms with Crippen molar-refractivity contribution in [1.29, 1.82) is 0 Å². The van der Waals surface area contributed by atoms with Crippen molar-refractivity contribution in [1.82, 2.24) is 4.90 Å². The van der Waals surface area contributed by atoms with E-state index in [2.05, 4.69) is 26.9 Å². The smallest absolute Gasteiger partial charge is 0.124 e. The number of methoxy groups -OCH3 is 1. The second-order valence-corrected chi connectivity index (χ2v) is 4.76. The third-order valence-corrected chi connectivity index (χ3v) is 3.62. The number of hydrogen-bond acceptors (Lipinski definition) is 2. The number of nitrogens with zero attached hydrogens (tertiary/aromatic N) is 1. The van der Waals surface area contributed by atoms with Crippen LogP contribution in [0.5, 0.6) is 5.75 Å². The summed E-state index contributed by atoms with van der Waals surface area (Å²) < 4.78 is 6.53. The Labute approximate surface area is 99.4 Å².